The number of aryl methyl sites for hydroxylation is 1. The van der Waals surface area contributed by atoms with Crippen LogP contribution < -0.4 is 5.73 Å². The summed E-state index contributed by atoms with van der Waals surface area (Å²) in [5, 5.41) is 7.18. The van der Waals surface area contributed by atoms with E-state index in [0.29, 0.717) is 0 Å². The monoisotopic (exact) mass is 184 g/mol. The van der Waals surface area contributed by atoms with Crippen LogP contribution in [0.15, 0.2) is 24.3 Å². The van der Waals surface area contributed by atoms with Crippen LogP contribution in [0.5, 0.6) is 0 Å². The number of hydrogen-bond donors (Lipinski definition) is 2. The molecule has 0 unspecified atom stereocenters. The molecular weight excluding hydrogens is 172 g/mol. The second kappa shape index (κ2) is 4.78. The van der Waals surface area contributed by atoms with Crippen LogP contribution in [0.25, 0.3) is 0 Å². The molecule has 0 amide bonds. The van der Waals surface area contributed by atoms with Crippen LogP contribution in [0.1, 0.15) is 18.1 Å². The SMILES string of the molecule is CCc1cccc(C(=N)N)c1.Cl. The molecule has 1 aromatic carbocycles. The van der Waals surface area contributed by atoms with Gasteiger partial charge in [0.15, 0.2) is 0 Å². The van der Waals surface area contributed by atoms with E-state index in [9.17, 15) is 0 Å². The van der Waals surface area contributed by atoms with Gasteiger partial charge in [0.25, 0.3) is 0 Å². The van der Waals surface area contributed by atoms with E-state index in [2.05, 4.69) is 6.92 Å². The molecule has 1 aromatic rings. The van der Waals surface area contributed by atoms with Crippen molar-refractivity contribution in [2.75, 3.05) is 0 Å². The molecule has 0 aromatic heterocycles. The zero-order valence-electron chi connectivity index (χ0n) is 7.00. The van der Waals surface area contributed by atoms with E-state index in [-0.39, 0.29) is 18.2 Å². The second-order valence-corrected chi connectivity index (χ2v) is 2.47. The number of rotatable bonds is 2. The quantitative estimate of drug-likeness (QED) is 0.536. The lowest BCUT2D eigenvalue weighted by Crippen LogP contribution is -2.10. The number of nitrogen functional groups attached to an aromatic ring is 1. The minimum atomic E-state index is 0. The van der Waals surface area contributed by atoms with Gasteiger partial charge in [0.05, 0.1) is 0 Å². The molecule has 0 spiro atoms. The predicted molar refractivity (Wildman–Crippen MR) is 54.1 cm³/mol. The summed E-state index contributed by atoms with van der Waals surface area (Å²) in [4.78, 5) is 0. The van der Waals surface area contributed by atoms with Gasteiger partial charge in [-0.25, -0.2) is 0 Å². The van der Waals surface area contributed by atoms with Gasteiger partial charge in [-0.05, 0) is 18.1 Å². The average molecular weight is 185 g/mol. The third kappa shape index (κ3) is 2.55. The average Bonchev–Trinajstić information content (AvgIpc) is 2.05. The van der Waals surface area contributed by atoms with Gasteiger partial charge < -0.3 is 5.73 Å². The summed E-state index contributed by atoms with van der Waals surface area (Å²) in [5.41, 5.74) is 7.35. The molecule has 0 saturated heterocycles. The Morgan fingerprint density at radius 2 is 2.17 bits per heavy atom. The minimum absolute atomic E-state index is 0. The highest BCUT2D eigenvalue weighted by Gasteiger charge is 1.95. The van der Waals surface area contributed by atoms with Crippen molar-refractivity contribution in [3.05, 3.63) is 35.4 Å². The number of benzene rings is 1. The molecule has 1 rings (SSSR count). The van der Waals surface area contributed by atoms with Crippen LogP contribution in [0.2, 0.25) is 0 Å². The number of nitrogens with two attached hydrogens (primary N) is 1. The van der Waals surface area contributed by atoms with E-state index in [1.54, 1.807) is 0 Å². The summed E-state index contributed by atoms with van der Waals surface area (Å²) in [5.74, 6) is 0.139. The maximum absolute atomic E-state index is 7.18. The molecule has 2 nitrogen and oxygen atoms in total. The molecular formula is C9H13ClN2. The molecule has 0 saturated carbocycles. The Balaban J connectivity index is 0.00000121. The first-order valence-electron chi connectivity index (χ1n) is 3.67. The highest BCUT2D eigenvalue weighted by molar-refractivity contribution is 5.95. The van der Waals surface area contributed by atoms with Crippen molar-refractivity contribution in [2.45, 2.75) is 13.3 Å². The molecule has 3 N–H and O–H groups in total. The van der Waals surface area contributed by atoms with Gasteiger partial charge in [-0.1, -0.05) is 25.1 Å². The first kappa shape index (κ1) is 11.0. The topological polar surface area (TPSA) is 49.9 Å². The molecule has 0 aliphatic rings. The Kier molecular flexibility index (Phi) is 4.37. The molecule has 66 valence electrons. The smallest absolute Gasteiger partial charge is 0.122 e. The van der Waals surface area contributed by atoms with Crippen LogP contribution in [-0.2, 0) is 6.42 Å². The Hall–Kier alpha value is -1.02. The molecule has 0 bridgehead atoms. The number of halogens is 1. The largest absolute Gasteiger partial charge is 0.384 e. The standard InChI is InChI=1S/C9H12N2.ClH/c1-2-7-4-3-5-8(6-7)9(10)11;/h3-6H,2H2,1H3,(H3,10,11);1H. The van der Waals surface area contributed by atoms with Crippen LogP contribution in [0.4, 0.5) is 0 Å². The van der Waals surface area contributed by atoms with Crippen LogP contribution >= 0.6 is 12.4 Å². The van der Waals surface area contributed by atoms with E-state index >= 15 is 0 Å². The van der Waals surface area contributed by atoms with Crippen LogP contribution in [0, 0.1) is 5.41 Å². The third-order valence-electron chi connectivity index (χ3n) is 1.65. The Morgan fingerprint density at radius 3 is 2.67 bits per heavy atom. The molecule has 0 atom stereocenters. The number of amidine groups is 1. The minimum Gasteiger partial charge on any atom is -0.384 e. The van der Waals surface area contributed by atoms with Gasteiger partial charge in [-0.15, -0.1) is 12.4 Å². The van der Waals surface area contributed by atoms with E-state index < -0.39 is 0 Å². The lowest BCUT2D eigenvalue weighted by Gasteiger charge is -1.99. The van der Waals surface area contributed by atoms with Gasteiger partial charge in [0.2, 0.25) is 0 Å². The van der Waals surface area contributed by atoms with Crippen molar-refractivity contribution in [3.63, 3.8) is 0 Å². The fraction of sp³-hybridized carbons (Fsp3) is 0.222. The molecule has 0 aliphatic carbocycles. The lowest BCUT2D eigenvalue weighted by molar-refractivity contribution is 1.14. The van der Waals surface area contributed by atoms with Gasteiger partial charge in [0.1, 0.15) is 5.84 Å². The van der Waals surface area contributed by atoms with E-state index in [0.717, 1.165) is 12.0 Å². The molecule has 0 heterocycles. The molecule has 3 heteroatoms. The zero-order chi connectivity index (χ0) is 8.27. The number of hydrogen-bond acceptors (Lipinski definition) is 1. The number of nitrogens with one attached hydrogen (secondary N) is 1. The maximum Gasteiger partial charge on any atom is 0.122 e. The first-order valence-corrected chi connectivity index (χ1v) is 3.67. The van der Waals surface area contributed by atoms with Gasteiger partial charge >= 0.3 is 0 Å². The zero-order valence-corrected chi connectivity index (χ0v) is 7.82. The summed E-state index contributed by atoms with van der Waals surface area (Å²) in [7, 11) is 0. The van der Waals surface area contributed by atoms with Crippen molar-refractivity contribution in [2.24, 2.45) is 5.73 Å². The summed E-state index contributed by atoms with van der Waals surface area (Å²) < 4.78 is 0. The normalized spacial score (nSPS) is 8.75. The third-order valence-corrected chi connectivity index (χ3v) is 1.65. The summed E-state index contributed by atoms with van der Waals surface area (Å²) in [6.07, 6.45) is 0.987. The van der Waals surface area contributed by atoms with Crippen molar-refractivity contribution in [3.8, 4) is 0 Å². The summed E-state index contributed by atoms with van der Waals surface area (Å²) in [6, 6.07) is 7.76. The highest BCUT2D eigenvalue weighted by Crippen LogP contribution is 2.04. The Bertz CT molecular complexity index is 271. The van der Waals surface area contributed by atoms with Crippen molar-refractivity contribution >= 4 is 18.2 Å². The van der Waals surface area contributed by atoms with Gasteiger partial charge in [-0.3, -0.25) is 5.41 Å². The summed E-state index contributed by atoms with van der Waals surface area (Å²) >= 11 is 0. The van der Waals surface area contributed by atoms with Gasteiger partial charge in [0, 0.05) is 5.56 Å². The van der Waals surface area contributed by atoms with Crippen LogP contribution in [0.3, 0.4) is 0 Å². The second-order valence-electron chi connectivity index (χ2n) is 2.47. The van der Waals surface area contributed by atoms with Gasteiger partial charge in [-0.2, -0.15) is 0 Å². The van der Waals surface area contributed by atoms with Crippen molar-refractivity contribution in [1.29, 1.82) is 5.41 Å². The lowest BCUT2D eigenvalue weighted by atomic mass is 10.1. The van der Waals surface area contributed by atoms with E-state index in [1.165, 1.54) is 5.56 Å². The fourth-order valence-corrected chi connectivity index (χ4v) is 0.959. The molecule has 0 radical (unpaired) electrons. The van der Waals surface area contributed by atoms with Crippen molar-refractivity contribution in [1.82, 2.24) is 0 Å². The van der Waals surface area contributed by atoms with Crippen LogP contribution in [-0.4, -0.2) is 5.84 Å². The predicted octanol–water partition coefficient (Wildman–Crippen LogP) is 1.95. The highest BCUT2D eigenvalue weighted by atomic mass is 35.5. The van der Waals surface area contributed by atoms with Crippen molar-refractivity contribution < 1.29 is 0 Å². The molecule has 0 aliphatic heterocycles. The van der Waals surface area contributed by atoms with E-state index in [4.69, 9.17) is 11.1 Å². The van der Waals surface area contributed by atoms with E-state index in [1.807, 2.05) is 24.3 Å². The maximum atomic E-state index is 7.18. The fourth-order valence-electron chi connectivity index (χ4n) is 0.959. The summed E-state index contributed by atoms with van der Waals surface area (Å²) in [6.45, 7) is 2.08. The molecule has 12 heavy (non-hydrogen) atoms. The Labute approximate surface area is 78.7 Å². The Morgan fingerprint density at radius 1 is 1.50 bits per heavy atom. The first-order chi connectivity index (χ1) is 5.24. The molecule has 0 fully saturated rings.